The Bertz CT molecular complexity index is 576. The van der Waals surface area contributed by atoms with Gasteiger partial charge in [-0.2, -0.15) is 5.26 Å². The lowest BCUT2D eigenvalue weighted by Gasteiger charge is -2.04. The number of methoxy groups -OCH3 is 1. The van der Waals surface area contributed by atoms with Gasteiger partial charge in [-0.3, -0.25) is 0 Å². The Kier molecular flexibility index (Phi) is 2.57. The Morgan fingerprint density at radius 1 is 1.44 bits per heavy atom. The highest BCUT2D eigenvalue weighted by Gasteiger charge is 2.14. The van der Waals surface area contributed by atoms with Crippen LogP contribution in [0.1, 0.15) is 11.3 Å². The van der Waals surface area contributed by atoms with E-state index in [-0.39, 0.29) is 0 Å². The molecule has 82 valence electrons. The van der Waals surface area contributed by atoms with Crippen LogP contribution in [0.3, 0.4) is 0 Å². The molecule has 2 rings (SSSR count). The fourth-order valence-electron chi connectivity index (χ4n) is 2.14. The van der Waals surface area contributed by atoms with Gasteiger partial charge in [0.05, 0.1) is 25.1 Å². The second kappa shape index (κ2) is 3.90. The predicted octanol–water partition coefficient (Wildman–Crippen LogP) is 2.56. The van der Waals surface area contributed by atoms with Gasteiger partial charge in [-0.25, -0.2) is 0 Å². The molecule has 0 amide bonds. The Balaban J connectivity index is 2.85. The molecular weight excluding hydrogens is 200 g/mol. The quantitative estimate of drug-likeness (QED) is 0.770. The van der Waals surface area contributed by atoms with Gasteiger partial charge in [0.15, 0.2) is 0 Å². The first-order valence-electron chi connectivity index (χ1n) is 5.18. The fourth-order valence-corrected chi connectivity index (χ4v) is 2.14. The molecule has 0 unspecified atom stereocenters. The molecule has 1 aromatic carbocycles. The molecule has 3 heteroatoms. The third-order valence-electron chi connectivity index (χ3n) is 3.08. The number of ether oxygens (including phenoxy) is 1. The normalized spacial score (nSPS) is 10.4. The van der Waals surface area contributed by atoms with Gasteiger partial charge in [0, 0.05) is 18.1 Å². The van der Waals surface area contributed by atoms with Crippen LogP contribution < -0.4 is 4.74 Å². The molecule has 0 aliphatic rings. The van der Waals surface area contributed by atoms with Crippen molar-refractivity contribution in [3.8, 4) is 11.8 Å². The number of para-hydroxylation sites is 1. The van der Waals surface area contributed by atoms with Gasteiger partial charge in [0.2, 0.25) is 0 Å². The Labute approximate surface area is 94.9 Å². The Morgan fingerprint density at radius 2 is 2.19 bits per heavy atom. The van der Waals surface area contributed by atoms with Gasteiger partial charge in [-0.1, -0.05) is 12.1 Å². The number of hydrogen-bond acceptors (Lipinski definition) is 2. The monoisotopic (exact) mass is 214 g/mol. The summed E-state index contributed by atoms with van der Waals surface area (Å²) in [7, 11) is 3.67. The zero-order chi connectivity index (χ0) is 11.7. The van der Waals surface area contributed by atoms with Gasteiger partial charge in [0.1, 0.15) is 5.75 Å². The largest absolute Gasteiger partial charge is 0.495 e. The van der Waals surface area contributed by atoms with E-state index in [1.807, 2.05) is 32.2 Å². The molecule has 0 bridgehead atoms. The summed E-state index contributed by atoms with van der Waals surface area (Å²) in [5, 5.41) is 9.96. The second-order valence-corrected chi connectivity index (χ2v) is 3.81. The van der Waals surface area contributed by atoms with Gasteiger partial charge < -0.3 is 9.30 Å². The molecule has 16 heavy (non-hydrogen) atoms. The summed E-state index contributed by atoms with van der Waals surface area (Å²) in [6.07, 6.45) is 0.441. The number of fused-ring (bicyclic) bond motifs is 1. The molecule has 0 fully saturated rings. The van der Waals surface area contributed by atoms with E-state index in [9.17, 15) is 0 Å². The molecule has 0 atom stereocenters. The number of hydrogen-bond donors (Lipinski definition) is 0. The van der Waals surface area contributed by atoms with Gasteiger partial charge in [0.25, 0.3) is 0 Å². The SMILES string of the molecule is COc1cccc2c(CC#N)c(C)n(C)c12. The molecular formula is C13H14N2O. The molecule has 0 aliphatic heterocycles. The third-order valence-corrected chi connectivity index (χ3v) is 3.08. The van der Waals surface area contributed by atoms with Gasteiger partial charge in [-0.15, -0.1) is 0 Å². The van der Waals surface area contributed by atoms with Crippen molar-refractivity contribution in [3.05, 3.63) is 29.5 Å². The number of nitriles is 1. The highest BCUT2D eigenvalue weighted by molar-refractivity contribution is 5.90. The lowest BCUT2D eigenvalue weighted by atomic mass is 10.1. The van der Waals surface area contributed by atoms with E-state index in [1.54, 1.807) is 7.11 Å². The van der Waals surface area contributed by atoms with Crippen LogP contribution in [0.15, 0.2) is 18.2 Å². The molecule has 0 saturated carbocycles. The molecule has 0 spiro atoms. The highest BCUT2D eigenvalue weighted by atomic mass is 16.5. The summed E-state index contributed by atoms with van der Waals surface area (Å²) in [6.45, 7) is 2.03. The average molecular weight is 214 g/mol. The average Bonchev–Trinajstić information content (AvgIpc) is 2.55. The van der Waals surface area contributed by atoms with Crippen LogP contribution in [0.2, 0.25) is 0 Å². The fraction of sp³-hybridized carbons (Fsp3) is 0.308. The van der Waals surface area contributed by atoms with E-state index < -0.39 is 0 Å². The number of aryl methyl sites for hydroxylation is 1. The summed E-state index contributed by atoms with van der Waals surface area (Å²) in [5.74, 6) is 0.854. The van der Waals surface area contributed by atoms with Gasteiger partial charge in [-0.05, 0) is 18.6 Å². The maximum absolute atomic E-state index is 8.85. The lowest BCUT2D eigenvalue weighted by molar-refractivity contribution is 0.418. The summed E-state index contributed by atoms with van der Waals surface area (Å²) in [5.41, 5.74) is 3.28. The van der Waals surface area contributed by atoms with E-state index in [1.165, 1.54) is 0 Å². The van der Waals surface area contributed by atoms with Crippen molar-refractivity contribution in [2.45, 2.75) is 13.3 Å². The van der Waals surface area contributed by atoms with Crippen LogP contribution in [0.25, 0.3) is 10.9 Å². The van der Waals surface area contributed by atoms with E-state index in [0.29, 0.717) is 6.42 Å². The van der Waals surface area contributed by atoms with Crippen molar-refractivity contribution in [3.63, 3.8) is 0 Å². The molecule has 1 aromatic heterocycles. The number of nitrogens with zero attached hydrogens (tertiary/aromatic N) is 2. The highest BCUT2D eigenvalue weighted by Crippen LogP contribution is 2.31. The second-order valence-electron chi connectivity index (χ2n) is 3.81. The standard InChI is InChI=1S/C13H14N2O/c1-9-10(7-8-14)11-5-4-6-12(16-3)13(11)15(9)2/h4-6H,7H2,1-3H3. The van der Waals surface area contributed by atoms with E-state index >= 15 is 0 Å². The first-order valence-corrected chi connectivity index (χ1v) is 5.18. The van der Waals surface area contributed by atoms with Crippen LogP contribution in [0.5, 0.6) is 5.75 Å². The maximum atomic E-state index is 8.85. The molecule has 0 N–H and O–H groups in total. The first kappa shape index (κ1) is 10.6. The summed E-state index contributed by atoms with van der Waals surface area (Å²) in [4.78, 5) is 0. The molecule has 1 heterocycles. The number of aromatic nitrogens is 1. The summed E-state index contributed by atoms with van der Waals surface area (Å²) < 4.78 is 7.44. The van der Waals surface area contributed by atoms with Crippen LogP contribution in [-0.2, 0) is 13.5 Å². The van der Waals surface area contributed by atoms with Crippen LogP contribution in [0.4, 0.5) is 0 Å². The van der Waals surface area contributed by atoms with Crippen molar-refractivity contribution in [1.29, 1.82) is 5.26 Å². The zero-order valence-corrected chi connectivity index (χ0v) is 9.74. The number of benzene rings is 1. The maximum Gasteiger partial charge on any atom is 0.143 e. The Hall–Kier alpha value is -1.95. The molecule has 0 aliphatic carbocycles. The summed E-state index contributed by atoms with van der Waals surface area (Å²) >= 11 is 0. The minimum Gasteiger partial charge on any atom is -0.495 e. The molecule has 0 radical (unpaired) electrons. The van der Waals surface area contributed by atoms with Crippen molar-refractivity contribution < 1.29 is 4.74 Å². The van der Waals surface area contributed by atoms with E-state index in [4.69, 9.17) is 10.00 Å². The van der Waals surface area contributed by atoms with E-state index in [0.717, 1.165) is 27.9 Å². The smallest absolute Gasteiger partial charge is 0.143 e. The minimum absolute atomic E-state index is 0.441. The topological polar surface area (TPSA) is 37.9 Å². The third kappa shape index (κ3) is 1.35. The predicted molar refractivity (Wildman–Crippen MR) is 63.5 cm³/mol. The molecule has 0 saturated heterocycles. The van der Waals surface area contributed by atoms with E-state index in [2.05, 4.69) is 10.6 Å². The Morgan fingerprint density at radius 3 is 2.81 bits per heavy atom. The molecule has 2 aromatic rings. The van der Waals surface area contributed by atoms with Crippen LogP contribution in [0, 0.1) is 18.3 Å². The van der Waals surface area contributed by atoms with Crippen molar-refractivity contribution in [1.82, 2.24) is 4.57 Å². The molecule has 3 nitrogen and oxygen atoms in total. The van der Waals surface area contributed by atoms with Crippen LogP contribution >= 0.6 is 0 Å². The zero-order valence-electron chi connectivity index (χ0n) is 9.74. The minimum atomic E-state index is 0.441. The van der Waals surface area contributed by atoms with Gasteiger partial charge >= 0.3 is 0 Å². The van der Waals surface area contributed by atoms with Crippen LogP contribution in [-0.4, -0.2) is 11.7 Å². The first-order chi connectivity index (χ1) is 7.70. The van der Waals surface area contributed by atoms with Crippen molar-refractivity contribution >= 4 is 10.9 Å². The van der Waals surface area contributed by atoms with Crippen molar-refractivity contribution in [2.75, 3.05) is 7.11 Å². The lowest BCUT2D eigenvalue weighted by Crippen LogP contribution is -1.93. The number of rotatable bonds is 2. The van der Waals surface area contributed by atoms with Crippen molar-refractivity contribution in [2.24, 2.45) is 7.05 Å². The summed E-state index contributed by atoms with van der Waals surface area (Å²) in [6, 6.07) is 8.16.